The maximum Gasteiger partial charge on any atom is 0.124 e. The molecular weight excluding hydrogens is 230 g/mol. The van der Waals surface area contributed by atoms with E-state index in [1.165, 1.54) is 5.56 Å². The van der Waals surface area contributed by atoms with E-state index in [1.807, 2.05) is 12.1 Å². The predicted octanol–water partition coefficient (Wildman–Crippen LogP) is 1.52. The van der Waals surface area contributed by atoms with E-state index in [0.29, 0.717) is 6.61 Å². The van der Waals surface area contributed by atoms with Gasteiger partial charge in [-0.2, -0.15) is 0 Å². The van der Waals surface area contributed by atoms with E-state index in [2.05, 4.69) is 17.4 Å². The highest BCUT2D eigenvalue weighted by molar-refractivity contribution is 5.29. The van der Waals surface area contributed by atoms with Gasteiger partial charge in [-0.25, -0.2) is 0 Å². The Labute approximate surface area is 107 Å². The van der Waals surface area contributed by atoms with Crippen LogP contribution >= 0.6 is 0 Å². The van der Waals surface area contributed by atoms with Gasteiger partial charge in [-0.15, -0.1) is 0 Å². The Bertz CT molecular complexity index is 367. The maximum atomic E-state index is 5.84. The second kappa shape index (κ2) is 5.69. The van der Waals surface area contributed by atoms with E-state index < -0.39 is 0 Å². The molecule has 0 saturated carbocycles. The van der Waals surface area contributed by atoms with Crippen molar-refractivity contribution >= 4 is 0 Å². The lowest BCUT2D eigenvalue weighted by molar-refractivity contribution is 0.0276. The zero-order valence-electron chi connectivity index (χ0n) is 10.4. The Kier molecular flexibility index (Phi) is 3.78. The van der Waals surface area contributed by atoms with Crippen LogP contribution in [0.2, 0.25) is 0 Å². The molecule has 1 N–H and O–H groups in total. The molecule has 1 aromatic rings. The molecule has 2 aliphatic heterocycles. The Morgan fingerprint density at radius 3 is 2.72 bits per heavy atom. The summed E-state index contributed by atoms with van der Waals surface area (Å²) in [6.07, 6.45) is 1.36. The molecule has 0 aromatic heterocycles. The molecule has 0 bridgehead atoms. The summed E-state index contributed by atoms with van der Waals surface area (Å²) in [7, 11) is 0. The van der Waals surface area contributed by atoms with Gasteiger partial charge in [0.25, 0.3) is 0 Å². The summed E-state index contributed by atoms with van der Waals surface area (Å²) in [5, 5.41) is 3.33. The van der Waals surface area contributed by atoms with Crippen LogP contribution in [0.1, 0.15) is 18.1 Å². The fourth-order valence-corrected chi connectivity index (χ4v) is 2.34. The molecule has 1 aromatic carbocycles. The van der Waals surface area contributed by atoms with Crippen LogP contribution in [0.25, 0.3) is 0 Å². The lowest BCUT2D eigenvalue weighted by Gasteiger charge is -2.24. The minimum atomic E-state index is 0.169. The van der Waals surface area contributed by atoms with Gasteiger partial charge in [0, 0.05) is 19.5 Å². The first-order chi connectivity index (χ1) is 8.92. The first-order valence-electron chi connectivity index (χ1n) is 6.58. The van der Waals surface area contributed by atoms with Crippen molar-refractivity contribution in [3.05, 3.63) is 29.8 Å². The van der Waals surface area contributed by atoms with Gasteiger partial charge < -0.3 is 19.5 Å². The molecule has 2 atom stereocenters. The van der Waals surface area contributed by atoms with Crippen molar-refractivity contribution in [3.8, 4) is 5.75 Å². The van der Waals surface area contributed by atoms with Gasteiger partial charge in [0.2, 0.25) is 0 Å². The topological polar surface area (TPSA) is 39.7 Å². The van der Waals surface area contributed by atoms with E-state index in [4.69, 9.17) is 14.2 Å². The molecule has 0 amide bonds. The summed E-state index contributed by atoms with van der Waals surface area (Å²) in [5.41, 5.74) is 1.21. The van der Waals surface area contributed by atoms with E-state index in [0.717, 1.165) is 38.5 Å². The molecule has 18 heavy (non-hydrogen) atoms. The molecule has 2 aliphatic rings. The van der Waals surface area contributed by atoms with Crippen molar-refractivity contribution in [1.82, 2.24) is 5.32 Å². The number of hydrogen-bond acceptors (Lipinski definition) is 4. The lowest BCUT2D eigenvalue weighted by Crippen LogP contribution is -2.33. The van der Waals surface area contributed by atoms with Gasteiger partial charge in [0.1, 0.15) is 11.9 Å². The van der Waals surface area contributed by atoms with Crippen molar-refractivity contribution < 1.29 is 14.2 Å². The number of hydrogen-bond donors (Lipinski definition) is 1. The van der Waals surface area contributed by atoms with Crippen LogP contribution in [-0.4, -0.2) is 39.0 Å². The van der Waals surface area contributed by atoms with Gasteiger partial charge in [0.15, 0.2) is 0 Å². The van der Waals surface area contributed by atoms with Crippen LogP contribution in [0, 0.1) is 0 Å². The second-order valence-corrected chi connectivity index (χ2v) is 4.74. The number of ether oxygens (including phenoxy) is 3. The van der Waals surface area contributed by atoms with E-state index in [9.17, 15) is 0 Å². The molecule has 4 nitrogen and oxygen atoms in total. The van der Waals surface area contributed by atoms with Crippen molar-refractivity contribution in [2.45, 2.75) is 18.6 Å². The highest BCUT2D eigenvalue weighted by Gasteiger charge is 2.18. The maximum absolute atomic E-state index is 5.84. The third kappa shape index (κ3) is 2.83. The highest BCUT2D eigenvalue weighted by atomic mass is 16.5. The van der Waals surface area contributed by atoms with Gasteiger partial charge in [0.05, 0.1) is 25.9 Å². The minimum absolute atomic E-state index is 0.169. The number of nitrogens with one attached hydrogen (secondary N) is 1. The summed E-state index contributed by atoms with van der Waals surface area (Å²) in [5.74, 6) is 0.915. The lowest BCUT2D eigenvalue weighted by atomic mass is 10.1. The van der Waals surface area contributed by atoms with E-state index in [1.54, 1.807) is 0 Å². The SMILES string of the molecule is c1cc(C2CNCCO2)ccc1OC1CCOC1. The van der Waals surface area contributed by atoms with Crippen molar-refractivity contribution in [1.29, 1.82) is 0 Å². The Morgan fingerprint density at radius 2 is 2.06 bits per heavy atom. The third-order valence-corrected chi connectivity index (χ3v) is 3.37. The van der Waals surface area contributed by atoms with Crippen LogP contribution in [0.3, 0.4) is 0 Å². The monoisotopic (exact) mass is 249 g/mol. The Hall–Kier alpha value is -1.10. The van der Waals surface area contributed by atoms with Crippen molar-refractivity contribution in [2.24, 2.45) is 0 Å². The van der Waals surface area contributed by atoms with Gasteiger partial charge in [-0.3, -0.25) is 0 Å². The summed E-state index contributed by atoms with van der Waals surface area (Å²) >= 11 is 0. The fraction of sp³-hybridized carbons (Fsp3) is 0.571. The average molecular weight is 249 g/mol. The van der Waals surface area contributed by atoms with Gasteiger partial charge in [-0.05, 0) is 17.7 Å². The molecular formula is C14H19NO3. The van der Waals surface area contributed by atoms with E-state index >= 15 is 0 Å². The standard InChI is InChI=1S/C14H19NO3/c1-3-12(18-13-5-7-16-10-13)4-2-11(1)14-9-15-6-8-17-14/h1-4,13-15H,5-10H2. The first-order valence-corrected chi connectivity index (χ1v) is 6.58. The van der Waals surface area contributed by atoms with Crippen LogP contribution in [0.4, 0.5) is 0 Å². The molecule has 0 aliphatic carbocycles. The largest absolute Gasteiger partial charge is 0.488 e. The molecule has 2 unspecified atom stereocenters. The zero-order chi connectivity index (χ0) is 12.2. The van der Waals surface area contributed by atoms with Crippen molar-refractivity contribution in [2.75, 3.05) is 32.9 Å². The summed E-state index contributed by atoms with van der Waals surface area (Å²) in [6, 6.07) is 8.21. The Morgan fingerprint density at radius 1 is 1.17 bits per heavy atom. The minimum Gasteiger partial charge on any atom is -0.488 e. The molecule has 0 radical (unpaired) electrons. The van der Waals surface area contributed by atoms with Gasteiger partial charge in [-0.1, -0.05) is 12.1 Å². The fourth-order valence-electron chi connectivity index (χ4n) is 2.34. The smallest absolute Gasteiger partial charge is 0.124 e. The first kappa shape index (κ1) is 12.0. The molecule has 3 rings (SSSR count). The van der Waals surface area contributed by atoms with Crippen LogP contribution < -0.4 is 10.1 Å². The van der Waals surface area contributed by atoms with Crippen LogP contribution in [0.5, 0.6) is 5.75 Å². The quantitative estimate of drug-likeness (QED) is 0.881. The number of rotatable bonds is 3. The van der Waals surface area contributed by atoms with Crippen LogP contribution in [0.15, 0.2) is 24.3 Å². The van der Waals surface area contributed by atoms with Crippen molar-refractivity contribution in [3.63, 3.8) is 0 Å². The summed E-state index contributed by atoms with van der Waals surface area (Å²) < 4.78 is 16.8. The molecule has 4 heteroatoms. The molecule has 98 valence electrons. The summed E-state index contributed by atoms with van der Waals surface area (Å²) in [6.45, 7) is 4.13. The third-order valence-electron chi connectivity index (χ3n) is 3.37. The summed E-state index contributed by atoms with van der Waals surface area (Å²) in [4.78, 5) is 0. The highest BCUT2D eigenvalue weighted by Crippen LogP contribution is 2.23. The molecule has 2 saturated heterocycles. The molecule has 2 fully saturated rings. The molecule has 0 spiro atoms. The average Bonchev–Trinajstić information content (AvgIpc) is 2.94. The number of morpholine rings is 1. The van der Waals surface area contributed by atoms with Gasteiger partial charge >= 0.3 is 0 Å². The molecule has 2 heterocycles. The normalized spacial score (nSPS) is 28.2. The van der Waals surface area contributed by atoms with Crippen LogP contribution in [-0.2, 0) is 9.47 Å². The number of benzene rings is 1. The van der Waals surface area contributed by atoms with E-state index in [-0.39, 0.29) is 12.2 Å². The zero-order valence-corrected chi connectivity index (χ0v) is 10.4. The Balaban J connectivity index is 1.60. The predicted molar refractivity (Wildman–Crippen MR) is 67.9 cm³/mol. The second-order valence-electron chi connectivity index (χ2n) is 4.74.